The van der Waals surface area contributed by atoms with E-state index in [2.05, 4.69) is 11.6 Å². The number of benzene rings is 1. The van der Waals surface area contributed by atoms with Crippen LogP contribution in [0.2, 0.25) is 5.02 Å². The molecule has 112 valence electrons. The van der Waals surface area contributed by atoms with Gasteiger partial charge >= 0.3 is 0 Å². The van der Waals surface area contributed by atoms with Gasteiger partial charge in [-0.1, -0.05) is 17.7 Å². The van der Waals surface area contributed by atoms with Crippen molar-refractivity contribution in [3.8, 4) is 11.5 Å². The lowest BCUT2D eigenvalue weighted by atomic mass is 10.1. The molecule has 3 nitrogen and oxygen atoms in total. The van der Waals surface area contributed by atoms with Crippen molar-refractivity contribution in [1.29, 1.82) is 0 Å². The molecule has 2 unspecified atom stereocenters. The number of rotatable bonds is 6. The van der Waals surface area contributed by atoms with Crippen molar-refractivity contribution in [2.45, 2.75) is 37.1 Å². The summed E-state index contributed by atoms with van der Waals surface area (Å²) in [6.45, 7) is 0.769. The maximum atomic E-state index is 6.39. The predicted octanol–water partition coefficient (Wildman–Crippen LogP) is 3.73. The zero-order chi connectivity index (χ0) is 14.5. The molecule has 1 fully saturated rings. The molecule has 0 heterocycles. The maximum Gasteiger partial charge on any atom is 0.179 e. The van der Waals surface area contributed by atoms with Crippen molar-refractivity contribution in [1.82, 2.24) is 5.32 Å². The highest BCUT2D eigenvalue weighted by Crippen LogP contribution is 2.37. The second-order valence-electron chi connectivity index (χ2n) is 5.02. The third kappa shape index (κ3) is 3.54. The molecule has 0 spiro atoms. The van der Waals surface area contributed by atoms with E-state index in [-0.39, 0.29) is 0 Å². The standard InChI is InChI=1S/C15H22ClNO2S/c1-18-13-7-4-10(14(16)15(13)19-2)9-17-11-5-6-12(8-11)20-3/h4,7,11-12,17H,5-6,8-9H2,1-3H3. The predicted molar refractivity (Wildman–Crippen MR) is 86.3 cm³/mol. The molecule has 1 saturated carbocycles. The molecule has 0 aromatic heterocycles. The molecule has 2 rings (SSSR count). The first kappa shape index (κ1) is 15.8. The minimum Gasteiger partial charge on any atom is -0.493 e. The largest absolute Gasteiger partial charge is 0.493 e. The van der Waals surface area contributed by atoms with Crippen molar-refractivity contribution in [3.05, 3.63) is 22.7 Å². The lowest BCUT2D eigenvalue weighted by molar-refractivity contribution is 0.354. The van der Waals surface area contributed by atoms with E-state index in [1.165, 1.54) is 19.3 Å². The van der Waals surface area contributed by atoms with Gasteiger partial charge in [-0.2, -0.15) is 11.8 Å². The molecule has 0 saturated heterocycles. The molecular weight excluding hydrogens is 294 g/mol. The molecule has 5 heteroatoms. The zero-order valence-electron chi connectivity index (χ0n) is 12.2. The van der Waals surface area contributed by atoms with E-state index in [1.807, 2.05) is 23.9 Å². The Hall–Kier alpha value is -0.580. The van der Waals surface area contributed by atoms with E-state index in [0.29, 0.717) is 22.6 Å². The molecule has 1 aromatic carbocycles. The summed E-state index contributed by atoms with van der Waals surface area (Å²) in [7, 11) is 3.23. The van der Waals surface area contributed by atoms with E-state index in [4.69, 9.17) is 21.1 Å². The minimum atomic E-state index is 0.594. The van der Waals surface area contributed by atoms with E-state index in [0.717, 1.165) is 17.4 Å². The smallest absolute Gasteiger partial charge is 0.179 e. The van der Waals surface area contributed by atoms with Gasteiger partial charge in [0, 0.05) is 17.8 Å². The van der Waals surface area contributed by atoms with Crippen LogP contribution in [0.4, 0.5) is 0 Å². The van der Waals surface area contributed by atoms with Crippen LogP contribution in [0.1, 0.15) is 24.8 Å². The van der Waals surface area contributed by atoms with Gasteiger partial charge < -0.3 is 14.8 Å². The van der Waals surface area contributed by atoms with E-state index in [1.54, 1.807) is 14.2 Å². The van der Waals surface area contributed by atoms with Gasteiger partial charge in [-0.3, -0.25) is 0 Å². The summed E-state index contributed by atoms with van der Waals surface area (Å²) in [5.41, 5.74) is 1.05. The SMILES string of the molecule is COc1ccc(CNC2CCC(SC)C2)c(Cl)c1OC. The van der Waals surface area contributed by atoms with Gasteiger partial charge in [0.1, 0.15) is 0 Å². The van der Waals surface area contributed by atoms with E-state index in [9.17, 15) is 0 Å². The zero-order valence-corrected chi connectivity index (χ0v) is 13.8. The lowest BCUT2D eigenvalue weighted by Crippen LogP contribution is -2.26. The van der Waals surface area contributed by atoms with Gasteiger partial charge in [0.05, 0.1) is 19.2 Å². The minimum absolute atomic E-state index is 0.594. The van der Waals surface area contributed by atoms with E-state index >= 15 is 0 Å². The second-order valence-corrected chi connectivity index (χ2v) is 6.54. The van der Waals surface area contributed by atoms with E-state index < -0.39 is 0 Å². The van der Waals surface area contributed by atoms with Gasteiger partial charge in [0.2, 0.25) is 0 Å². The van der Waals surface area contributed by atoms with Crippen LogP contribution in [0.5, 0.6) is 11.5 Å². The Morgan fingerprint density at radius 2 is 2.10 bits per heavy atom. The molecule has 20 heavy (non-hydrogen) atoms. The fourth-order valence-corrected chi connectivity index (χ4v) is 3.76. The number of hydrogen-bond acceptors (Lipinski definition) is 4. The highest BCUT2D eigenvalue weighted by atomic mass is 35.5. The van der Waals surface area contributed by atoms with Crippen LogP contribution in [0.3, 0.4) is 0 Å². The second kappa shape index (κ2) is 7.43. The average Bonchev–Trinajstić information content (AvgIpc) is 2.93. The molecule has 0 radical (unpaired) electrons. The number of thioether (sulfide) groups is 1. The molecular formula is C15H22ClNO2S. The van der Waals surface area contributed by atoms with Crippen molar-refractivity contribution in [2.24, 2.45) is 0 Å². The number of methoxy groups -OCH3 is 2. The quantitative estimate of drug-likeness (QED) is 0.866. The third-order valence-corrected chi connectivity index (χ3v) is 5.37. The van der Waals surface area contributed by atoms with Crippen molar-refractivity contribution < 1.29 is 9.47 Å². The van der Waals surface area contributed by atoms with Crippen LogP contribution in [0.25, 0.3) is 0 Å². The van der Waals surface area contributed by atoms with Gasteiger partial charge in [0.25, 0.3) is 0 Å². The summed E-state index contributed by atoms with van der Waals surface area (Å²) in [6, 6.07) is 4.50. The molecule has 2 atom stereocenters. The van der Waals surface area contributed by atoms with Crippen LogP contribution in [0, 0.1) is 0 Å². The number of halogens is 1. The number of nitrogens with one attached hydrogen (secondary N) is 1. The Morgan fingerprint density at radius 3 is 2.70 bits per heavy atom. The van der Waals surface area contributed by atoms with Gasteiger partial charge in [-0.05, 0) is 37.1 Å². The van der Waals surface area contributed by atoms with Crippen molar-refractivity contribution in [3.63, 3.8) is 0 Å². The first-order chi connectivity index (χ1) is 9.69. The molecule has 1 aliphatic carbocycles. The van der Waals surface area contributed by atoms with Crippen LogP contribution in [-0.2, 0) is 6.54 Å². The Morgan fingerprint density at radius 1 is 1.30 bits per heavy atom. The summed E-state index contributed by atoms with van der Waals surface area (Å²) >= 11 is 8.35. The van der Waals surface area contributed by atoms with Gasteiger partial charge in [-0.25, -0.2) is 0 Å². The molecule has 1 aromatic rings. The van der Waals surface area contributed by atoms with Crippen LogP contribution < -0.4 is 14.8 Å². The molecule has 1 N–H and O–H groups in total. The third-order valence-electron chi connectivity index (χ3n) is 3.86. The average molecular weight is 316 g/mol. The summed E-state index contributed by atoms with van der Waals surface area (Å²) in [5.74, 6) is 1.28. The van der Waals surface area contributed by atoms with Gasteiger partial charge in [-0.15, -0.1) is 0 Å². The van der Waals surface area contributed by atoms with Crippen molar-refractivity contribution >= 4 is 23.4 Å². The number of hydrogen-bond donors (Lipinski definition) is 1. The topological polar surface area (TPSA) is 30.5 Å². The fourth-order valence-electron chi connectivity index (χ4n) is 2.66. The Kier molecular flexibility index (Phi) is 5.87. The summed E-state index contributed by atoms with van der Waals surface area (Å²) in [4.78, 5) is 0. The molecule has 1 aliphatic rings. The molecule has 0 aliphatic heterocycles. The maximum absolute atomic E-state index is 6.39. The normalized spacial score (nSPS) is 22.0. The molecule has 0 bridgehead atoms. The highest BCUT2D eigenvalue weighted by Gasteiger charge is 2.23. The molecule has 0 amide bonds. The van der Waals surface area contributed by atoms with Crippen LogP contribution in [-0.4, -0.2) is 31.8 Å². The van der Waals surface area contributed by atoms with Gasteiger partial charge in [0.15, 0.2) is 11.5 Å². The summed E-state index contributed by atoms with van der Waals surface area (Å²) in [5, 5.41) is 5.03. The Bertz CT molecular complexity index is 456. The lowest BCUT2D eigenvalue weighted by Gasteiger charge is -2.16. The Balaban J connectivity index is 2.00. The monoisotopic (exact) mass is 315 g/mol. The summed E-state index contributed by atoms with van der Waals surface area (Å²) < 4.78 is 10.6. The fraction of sp³-hybridized carbons (Fsp3) is 0.600. The number of ether oxygens (including phenoxy) is 2. The first-order valence-corrected chi connectivity index (χ1v) is 8.51. The van der Waals surface area contributed by atoms with Crippen LogP contribution >= 0.6 is 23.4 Å². The highest BCUT2D eigenvalue weighted by molar-refractivity contribution is 7.99. The first-order valence-electron chi connectivity index (χ1n) is 6.85. The van der Waals surface area contributed by atoms with Crippen LogP contribution in [0.15, 0.2) is 12.1 Å². The summed E-state index contributed by atoms with van der Waals surface area (Å²) in [6.07, 6.45) is 5.99. The Labute approximate surface area is 130 Å². The van der Waals surface area contributed by atoms with Crippen molar-refractivity contribution in [2.75, 3.05) is 20.5 Å².